The normalized spacial score (nSPS) is 15.1. The third-order valence-corrected chi connectivity index (χ3v) is 5.27. The molecule has 2 aromatic rings. The fourth-order valence-corrected chi connectivity index (χ4v) is 3.90. The molecule has 3 rings (SSSR count). The predicted octanol–water partition coefficient (Wildman–Crippen LogP) is 4.67. The lowest BCUT2D eigenvalue weighted by molar-refractivity contribution is -0.113. The molecule has 7 heteroatoms. The second-order valence-electron chi connectivity index (χ2n) is 5.72. The molecule has 0 spiro atoms. The van der Waals surface area contributed by atoms with E-state index in [2.05, 4.69) is 6.58 Å². The van der Waals surface area contributed by atoms with Crippen LogP contribution >= 0.6 is 24.0 Å². The summed E-state index contributed by atoms with van der Waals surface area (Å²) in [6.07, 6.45) is 3.50. The molecule has 5 nitrogen and oxygen atoms in total. The van der Waals surface area contributed by atoms with Gasteiger partial charge in [-0.2, -0.15) is 0 Å². The Morgan fingerprint density at radius 2 is 1.82 bits per heavy atom. The van der Waals surface area contributed by atoms with E-state index in [1.54, 1.807) is 38.5 Å². The highest BCUT2D eigenvalue weighted by atomic mass is 32.2. The summed E-state index contributed by atoms with van der Waals surface area (Å²) in [5.74, 6) is 1.71. The van der Waals surface area contributed by atoms with Gasteiger partial charge in [-0.3, -0.25) is 9.69 Å². The van der Waals surface area contributed by atoms with Crippen LogP contribution in [-0.4, -0.2) is 31.1 Å². The molecule has 0 atom stereocenters. The average molecular weight is 414 g/mol. The van der Waals surface area contributed by atoms with Gasteiger partial charge in [-0.05, 0) is 35.9 Å². The van der Waals surface area contributed by atoms with Gasteiger partial charge in [0.2, 0.25) is 0 Å². The van der Waals surface area contributed by atoms with Gasteiger partial charge in [-0.25, -0.2) is 0 Å². The number of carbonyl (C=O) groups is 1. The van der Waals surface area contributed by atoms with E-state index in [-0.39, 0.29) is 5.91 Å². The van der Waals surface area contributed by atoms with Crippen LogP contribution in [-0.2, 0) is 4.79 Å². The molecule has 1 fully saturated rings. The molecular formula is C21H19NO4S2. The number of anilines is 1. The van der Waals surface area contributed by atoms with Crippen molar-refractivity contribution < 1.29 is 19.0 Å². The first kappa shape index (κ1) is 20.0. The summed E-state index contributed by atoms with van der Waals surface area (Å²) < 4.78 is 16.5. The minimum atomic E-state index is -0.189. The van der Waals surface area contributed by atoms with Gasteiger partial charge < -0.3 is 14.2 Å². The minimum Gasteiger partial charge on any atom is -0.497 e. The van der Waals surface area contributed by atoms with E-state index in [1.165, 1.54) is 16.7 Å². The molecule has 1 aliphatic heterocycles. The maximum Gasteiger partial charge on any atom is 0.270 e. The Labute approximate surface area is 173 Å². The van der Waals surface area contributed by atoms with Gasteiger partial charge in [0, 0.05) is 6.07 Å². The van der Waals surface area contributed by atoms with Crippen molar-refractivity contribution in [2.24, 2.45) is 0 Å². The van der Waals surface area contributed by atoms with Gasteiger partial charge in [-0.15, -0.1) is 0 Å². The fourth-order valence-electron chi connectivity index (χ4n) is 2.61. The molecule has 1 aliphatic rings. The molecule has 0 unspecified atom stereocenters. The summed E-state index contributed by atoms with van der Waals surface area (Å²) >= 11 is 6.70. The Morgan fingerprint density at radius 3 is 2.46 bits per heavy atom. The lowest BCUT2D eigenvalue weighted by atomic mass is 10.2. The van der Waals surface area contributed by atoms with Gasteiger partial charge in [0.05, 0.1) is 24.8 Å². The number of hydrogen-bond acceptors (Lipinski definition) is 6. The second kappa shape index (κ2) is 8.95. The van der Waals surface area contributed by atoms with Crippen molar-refractivity contribution in [3.8, 4) is 17.2 Å². The number of nitrogens with zero attached hydrogens (tertiary/aromatic N) is 1. The van der Waals surface area contributed by atoms with E-state index in [4.69, 9.17) is 26.4 Å². The number of thioether (sulfide) groups is 1. The van der Waals surface area contributed by atoms with Crippen molar-refractivity contribution >= 4 is 46.0 Å². The van der Waals surface area contributed by atoms with E-state index < -0.39 is 0 Å². The van der Waals surface area contributed by atoms with Crippen LogP contribution in [0.15, 0.2) is 60.0 Å². The predicted molar refractivity (Wildman–Crippen MR) is 117 cm³/mol. The van der Waals surface area contributed by atoms with E-state index >= 15 is 0 Å². The molecule has 28 heavy (non-hydrogen) atoms. The van der Waals surface area contributed by atoms with Crippen molar-refractivity contribution in [1.82, 2.24) is 0 Å². The third-order valence-electron chi connectivity index (χ3n) is 3.97. The molecular weight excluding hydrogens is 394 g/mol. The van der Waals surface area contributed by atoms with Crippen molar-refractivity contribution in [2.45, 2.75) is 0 Å². The molecule has 0 aliphatic carbocycles. The molecule has 1 amide bonds. The van der Waals surface area contributed by atoms with Gasteiger partial charge in [0.15, 0.2) is 4.32 Å². The number of thiocarbonyl (C=S) groups is 1. The number of carbonyl (C=O) groups excluding carboxylic acids is 1. The maximum atomic E-state index is 13.0. The van der Waals surface area contributed by atoms with Crippen LogP contribution in [0.2, 0.25) is 0 Å². The van der Waals surface area contributed by atoms with Crippen LogP contribution in [0.1, 0.15) is 5.56 Å². The molecule has 0 bridgehead atoms. The monoisotopic (exact) mass is 413 g/mol. The molecule has 0 radical (unpaired) electrons. The van der Waals surface area contributed by atoms with Crippen molar-refractivity contribution in [3.63, 3.8) is 0 Å². The van der Waals surface area contributed by atoms with Gasteiger partial charge in [-0.1, -0.05) is 48.8 Å². The van der Waals surface area contributed by atoms with Crippen LogP contribution in [0.5, 0.6) is 17.2 Å². The topological polar surface area (TPSA) is 48.0 Å². The molecule has 144 valence electrons. The summed E-state index contributed by atoms with van der Waals surface area (Å²) in [6.45, 7) is 4.07. The zero-order chi connectivity index (χ0) is 20.1. The molecule has 2 aromatic carbocycles. The Balaban J connectivity index is 1.85. The number of amides is 1. The highest BCUT2D eigenvalue weighted by Gasteiger charge is 2.35. The average Bonchev–Trinajstić information content (AvgIpc) is 2.99. The standard InChI is InChI=1S/C21H19NO4S2/c1-4-11-26-15-7-5-14(6-8-15)12-19-20(23)22(21(27)28-19)17-10-9-16(24-2)13-18(17)25-3/h4-10,12-13H,1,11H2,2-3H3/b19-12-. The number of methoxy groups -OCH3 is 2. The Morgan fingerprint density at radius 1 is 1.11 bits per heavy atom. The van der Waals surface area contributed by atoms with Crippen LogP contribution in [0.25, 0.3) is 6.08 Å². The lowest BCUT2D eigenvalue weighted by Crippen LogP contribution is -2.27. The zero-order valence-electron chi connectivity index (χ0n) is 15.5. The fraction of sp³-hybridized carbons (Fsp3) is 0.143. The summed E-state index contributed by atoms with van der Waals surface area (Å²) in [5.41, 5.74) is 1.47. The first-order valence-corrected chi connectivity index (χ1v) is 9.63. The zero-order valence-corrected chi connectivity index (χ0v) is 17.1. The van der Waals surface area contributed by atoms with Crippen LogP contribution in [0.3, 0.4) is 0 Å². The van der Waals surface area contributed by atoms with Crippen molar-refractivity contribution in [3.05, 3.63) is 65.6 Å². The number of rotatable bonds is 7. The quantitative estimate of drug-likeness (QED) is 0.373. The van der Waals surface area contributed by atoms with Crippen LogP contribution in [0, 0.1) is 0 Å². The summed E-state index contributed by atoms with van der Waals surface area (Å²) in [4.78, 5) is 15.0. The third kappa shape index (κ3) is 4.21. The van der Waals surface area contributed by atoms with E-state index in [0.717, 1.165) is 11.3 Å². The highest BCUT2D eigenvalue weighted by molar-refractivity contribution is 8.27. The minimum absolute atomic E-state index is 0.189. The van der Waals surface area contributed by atoms with E-state index in [0.29, 0.717) is 33.0 Å². The van der Waals surface area contributed by atoms with Gasteiger partial charge in [0.1, 0.15) is 23.9 Å². The summed E-state index contributed by atoms with van der Waals surface area (Å²) in [7, 11) is 3.12. The van der Waals surface area contributed by atoms with Gasteiger partial charge in [0.25, 0.3) is 5.91 Å². The molecule has 0 N–H and O–H groups in total. The Hall–Kier alpha value is -2.77. The molecule has 1 saturated heterocycles. The maximum absolute atomic E-state index is 13.0. The second-order valence-corrected chi connectivity index (χ2v) is 7.40. The van der Waals surface area contributed by atoms with Crippen LogP contribution < -0.4 is 19.1 Å². The Bertz CT molecular complexity index is 938. The smallest absolute Gasteiger partial charge is 0.270 e. The largest absolute Gasteiger partial charge is 0.497 e. The summed E-state index contributed by atoms with van der Waals surface area (Å²) in [5, 5.41) is 0. The molecule has 0 saturated carbocycles. The van der Waals surface area contributed by atoms with Crippen molar-refractivity contribution in [1.29, 1.82) is 0 Å². The van der Waals surface area contributed by atoms with E-state index in [9.17, 15) is 4.79 Å². The Kier molecular flexibility index (Phi) is 6.38. The SMILES string of the molecule is C=CCOc1ccc(/C=C2\SC(=S)N(c3ccc(OC)cc3OC)C2=O)cc1. The number of benzene rings is 2. The lowest BCUT2D eigenvalue weighted by Gasteiger charge is -2.18. The first-order chi connectivity index (χ1) is 13.6. The molecule has 1 heterocycles. The van der Waals surface area contributed by atoms with Gasteiger partial charge >= 0.3 is 0 Å². The highest BCUT2D eigenvalue weighted by Crippen LogP contribution is 2.41. The first-order valence-electron chi connectivity index (χ1n) is 8.41. The van der Waals surface area contributed by atoms with Crippen LogP contribution in [0.4, 0.5) is 5.69 Å². The number of hydrogen-bond donors (Lipinski definition) is 0. The van der Waals surface area contributed by atoms with E-state index in [1.807, 2.05) is 30.3 Å². The number of ether oxygens (including phenoxy) is 3. The molecule has 0 aromatic heterocycles. The van der Waals surface area contributed by atoms with Crippen molar-refractivity contribution in [2.75, 3.05) is 25.7 Å². The summed E-state index contributed by atoms with van der Waals surface area (Å²) in [6, 6.07) is 12.7.